The number of hydrogen-bond donors (Lipinski definition) is 0. The highest BCUT2D eigenvalue weighted by molar-refractivity contribution is 4.99. The predicted molar refractivity (Wildman–Crippen MR) is 35.5 cm³/mol. The Morgan fingerprint density at radius 3 is 2.17 bits per heavy atom. The van der Waals surface area contributed by atoms with Gasteiger partial charge in [-0.1, -0.05) is 18.2 Å². The van der Waals surface area contributed by atoms with Crippen LogP contribution in [-0.4, -0.2) is 6.18 Å². The van der Waals surface area contributed by atoms with E-state index in [9.17, 15) is 13.2 Å². The number of rotatable bonds is 2. The van der Waals surface area contributed by atoms with E-state index in [2.05, 4.69) is 0 Å². The molecule has 0 heterocycles. The Bertz CT molecular complexity index is 230. The van der Waals surface area contributed by atoms with E-state index in [1.54, 1.807) is 30.3 Å². The van der Waals surface area contributed by atoms with Crippen LogP contribution in [0.2, 0.25) is 0 Å². The number of benzene rings is 1. The van der Waals surface area contributed by atoms with Gasteiger partial charge in [0.05, 0.1) is 0 Å². The maximum absolute atomic E-state index is 11.7. The van der Waals surface area contributed by atoms with Crippen LogP contribution >= 0.6 is 0 Å². The highest BCUT2D eigenvalue weighted by Crippen LogP contribution is 2.12. The molecule has 1 aromatic rings. The average molecular weight is 286 g/mol. The summed E-state index contributed by atoms with van der Waals surface area (Å²) in [7, 11) is 0. The number of halogens is 4. The molecule has 66 valence electrons. The molecule has 0 aliphatic heterocycles. The highest BCUT2D eigenvalue weighted by Gasteiger charge is 2.23. The molecule has 0 aromatic heterocycles. The standard InChI is InChI=1S/C8H6F3I/c9-8(10,11)6-12-7-4-2-1-3-5-7/h1-6H. The summed E-state index contributed by atoms with van der Waals surface area (Å²) < 4.78 is 36.4. The lowest BCUT2D eigenvalue weighted by atomic mass is 10.4. The normalized spacial score (nSPS) is 11.6. The van der Waals surface area contributed by atoms with Gasteiger partial charge in [0.25, 0.3) is 0 Å². The molecular formula is C8H6F3I. The van der Waals surface area contributed by atoms with Gasteiger partial charge in [0.1, 0.15) is 21.2 Å². The minimum absolute atomic E-state index is 0.460. The van der Waals surface area contributed by atoms with Crippen LogP contribution < -0.4 is 21.2 Å². The van der Waals surface area contributed by atoms with Gasteiger partial charge in [0.2, 0.25) is 0 Å². The largest absolute Gasteiger partial charge is 0.313 e. The summed E-state index contributed by atoms with van der Waals surface area (Å²) in [5, 5.41) is 0. The molecule has 12 heavy (non-hydrogen) atoms. The van der Waals surface area contributed by atoms with E-state index in [1.807, 2.05) is 0 Å². The Balaban J connectivity index is 2.44. The fourth-order valence-electron chi connectivity index (χ4n) is 0.612. The molecule has 0 atom stereocenters. The number of alkyl halides is 3. The zero-order chi connectivity index (χ0) is 9.03. The second-order valence-electron chi connectivity index (χ2n) is 2.06. The molecule has 0 aliphatic carbocycles. The SMILES string of the molecule is FC(F)(F)[CH-][I+]c1ccccc1. The Hall–Kier alpha value is -0.260. The third-order valence-electron chi connectivity index (χ3n) is 1.04. The van der Waals surface area contributed by atoms with E-state index in [-0.39, 0.29) is 0 Å². The lowest BCUT2D eigenvalue weighted by Crippen LogP contribution is -3.61. The molecule has 0 bridgehead atoms. The summed E-state index contributed by atoms with van der Waals surface area (Å²) in [6, 6.07) is 8.73. The Morgan fingerprint density at radius 1 is 1.08 bits per heavy atom. The molecule has 0 saturated heterocycles. The molecule has 0 saturated carbocycles. The quantitative estimate of drug-likeness (QED) is 0.516. The smallest absolute Gasteiger partial charge is 0.203 e. The number of hydrogen-bond acceptors (Lipinski definition) is 0. The van der Waals surface area contributed by atoms with Crippen molar-refractivity contribution in [3.8, 4) is 0 Å². The average Bonchev–Trinajstić information content (AvgIpc) is 2.02. The summed E-state index contributed by atoms with van der Waals surface area (Å²) in [6.07, 6.45) is -4.12. The van der Waals surface area contributed by atoms with Crippen LogP contribution in [0.25, 0.3) is 0 Å². The molecule has 1 rings (SSSR count). The van der Waals surface area contributed by atoms with Crippen LogP contribution in [0, 0.1) is 8.00 Å². The molecule has 0 radical (unpaired) electrons. The van der Waals surface area contributed by atoms with Gasteiger partial charge >= 0.3 is 6.18 Å². The van der Waals surface area contributed by atoms with Gasteiger partial charge in [-0.25, -0.2) is 13.2 Å². The van der Waals surface area contributed by atoms with Gasteiger partial charge < -0.3 is 0 Å². The lowest BCUT2D eigenvalue weighted by Gasteiger charge is -2.04. The van der Waals surface area contributed by atoms with Crippen molar-refractivity contribution in [1.82, 2.24) is 0 Å². The Morgan fingerprint density at radius 2 is 1.67 bits per heavy atom. The van der Waals surface area contributed by atoms with Gasteiger partial charge in [0, 0.05) is 4.43 Å². The minimum Gasteiger partial charge on any atom is -0.203 e. The first-order chi connectivity index (χ1) is 5.58. The third-order valence-corrected chi connectivity index (χ3v) is 3.49. The van der Waals surface area contributed by atoms with Crippen LogP contribution in [-0.2, 0) is 0 Å². The molecular weight excluding hydrogens is 280 g/mol. The molecule has 1 aromatic carbocycles. The Kier molecular flexibility index (Phi) is 3.37. The van der Waals surface area contributed by atoms with Crippen LogP contribution in [0.1, 0.15) is 0 Å². The van der Waals surface area contributed by atoms with Crippen molar-refractivity contribution in [3.05, 3.63) is 38.3 Å². The molecule has 0 aliphatic rings. The summed E-state index contributed by atoms with van der Waals surface area (Å²) in [5.41, 5.74) is 0. The first-order valence-corrected chi connectivity index (χ1v) is 5.50. The summed E-state index contributed by atoms with van der Waals surface area (Å²) in [5.74, 6) is 0. The molecule has 0 unspecified atom stereocenters. The van der Waals surface area contributed by atoms with Gasteiger partial charge in [-0.2, -0.15) is 0 Å². The van der Waals surface area contributed by atoms with Gasteiger partial charge in [-0.15, -0.1) is 0 Å². The molecule has 0 N–H and O–H groups in total. The molecule has 0 fully saturated rings. The zero-order valence-corrected chi connectivity index (χ0v) is 8.13. The first-order valence-electron chi connectivity index (χ1n) is 3.17. The van der Waals surface area contributed by atoms with Crippen molar-refractivity contribution in [2.75, 3.05) is 0 Å². The van der Waals surface area contributed by atoms with Crippen molar-refractivity contribution in [1.29, 1.82) is 0 Å². The van der Waals surface area contributed by atoms with Gasteiger partial charge in [0.15, 0.2) is 3.57 Å². The van der Waals surface area contributed by atoms with Crippen LogP contribution in [0.15, 0.2) is 30.3 Å². The molecule has 0 nitrogen and oxygen atoms in total. The van der Waals surface area contributed by atoms with Crippen molar-refractivity contribution in [2.24, 2.45) is 0 Å². The molecule has 0 spiro atoms. The summed E-state index contributed by atoms with van der Waals surface area (Å²) >= 11 is -1.01. The Labute approximate surface area is 79.0 Å². The first kappa shape index (κ1) is 9.83. The van der Waals surface area contributed by atoms with Crippen LogP contribution in [0.3, 0.4) is 0 Å². The second kappa shape index (κ2) is 4.11. The van der Waals surface area contributed by atoms with Gasteiger partial charge in [-0.3, -0.25) is 0 Å². The van der Waals surface area contributed by atoms with E-state index in [0.29, 0.717) is 4.43 Å². The predicted octanol–water partition coefficient (Wildman–Crippen LogP) is -0.331. The van der Waals surface area contributed by atoms with E-state index in [0.717, 1.165) is 3.57 Å². The van der Waals surface area contributed by atoms with E-state index < -0.39 is 27.4 Å². The van der Waals surface area contributed by atoms with Gasteiger partial charge in [-0.05, 0) is 12.1 Å². The summed E-state index contributed by atoms with van der Waals surface area (Å²) in [6.45, 7) is 0. The maximum atomic E-state index is 11.7. The topological polar surface area (TPSA) is 0 Å². The van der Waals surface area contributed by atoms with E-state index in [4.69, 9.17) is 0 Å². The van der Waals surface area contributed by atoms with Crippen molar-refractivity contribution in [2.45, 2.75) is 6.18 Å². The van der Waals surface area contributed by atoms with Crippen molar-refractivity contribution in [3.63, 3.8) is 0 Å². The zero-order valence-electron chi connectivity index (χ0n) is 5.98. The highest BCUT2D eigenvalue weighted by atomic mass is 127. The van der Waals surface area contributed by atoms with Crippen LogP contribution in [0.5, 0.6) is 0 Å². The second-order valence-corrected chi connectivity index (χ2v) is 4.55. The van der Waals surface area contributed by atoms with Crippen molar-refractivity contribution < 1.29 is 34.4 Å². The van der Waals surface area contributed by atoms with Crippen LogP contribution in [0.4, 0.5) is 13.2 Å². The van der Waals surface area contributed by atoms with Crippen molar-refractivity contribution >= 4 is 0 Å². The maximum Gasteiger partial charge on any atom is 0.313 e. The third kappa shape index (κ3) is 3.94. The summed E-state index contributed by atoms with van der Waals surface area (Å²) in [4.78, 5) is 0. The molecule has 4 heteroatoms. The van der Waals surface area contributed by atoms with E-state index in [1.165, 1.54) is 0 Å². The lowest BCUT2D eigenvalue weighted by molar-refractivity contribution is -0.608. The monoisotopic (exact) mass is 286 g/mol. The minimum atomic E-state index is -4.12. The molecule has 0 amide bonds. The van der Waals surface area contributed by atoms with E-state index >= 15 is 0 Å². The fraction of sp³-hybridized carbons (Fsp3) is 0.125. The fourth-order valence-corrected chi connectivity index (χ4v) is 2.16.